The Morgan fingerprint density at radius 2 is 2.37 bits per heavy atom. The number of urea groups is 1. The Bertz CT molecular complexity index is 469. The smallest absolute Gasteiger partial charge is 0.321 e. The second-order valence-electron chi connectivity index (χ2n) is 4.72. The molecule has 0 spiro atoms. The van der Waals surface area contributed by atoms with Crippen molar-refractivity contribution in [2.75, 3.05) is 31.3 Å². The summed E-state index contributed by atoms with van der Waals surface area (Å²) in [5, 5.41) is 21.8. The maximum absolute atomic E-state index is 12.0. The zero-order valence-electron chi connectivity index (χ0n) is 10.8. The van der Waals surface area contributed by atoms with Crippen molar-refractivity contribution in [1.29, 1.82) is 0 Å². The minimum absolute atomic E-state index is 0.164. The number of nitrogens with zero attached hydrogens (tertiary/aromatic N) is 1. The summed E-state index contributed by atoms with van der Waals surface area (Å²) >= 11 is 1.61. The van der Waals surface area contributed by atoms with Crippen molar-refractivity contribution in [3.8, 4) is 0 Å². The van der Waals surface area contributed by atoms with E-state index >= 15 is 0 Å². The van der Waals surface area contributed by atoms with Gasteiger partial charge in [-0.1, -0.05) is 6.07 Å². The van der Waals surface area contributed by atoms with E-state index in [0.29, 0.717) is 13.0 Å². The third kappa shape index (κ3) is 3.40. The average molecular weight is 282 g/mol. The predicted octanol–water partition coefficient (Wildman–Crippen LogP) is 1.37. The lowest BCUT2D eigenvalue weighted by molar-refractivity contribution is -0.00246. The summed E-state index contributed by atoms with van der Waals surface area (Å²) in [6.45, 7) is 0.293. The van der Waals surface area contributed by atoms with Gasteiger partial charge in [0.25, 0.3) is 0 Å². The number of anilines is 1. The number of carbonyl (C=O) groups excluding carboxylic acids is 1. The minimum atomic E-state index is -1.15. The molecule has 1 fully saturated rings. The van der Waals surface area contributed by atoms with Gasteiger partial charge in [0, 0.05) is 17.1 Å². The highest BCUT2D eigenvalue weighted by atomic mass is 32.2. The highest BCUT2D eigenvalue weighted by Crippen LogP contribution is 2.23. The van der Waals surface area contributed by atoms with Crippen LogP contribution in [-0.4, -0.2) is 52.7 Å². The Morgan fingerprint density at radius 1 is 1.58 bits per heavy atom. The summed E-state index contributed by atoms with van der Waals surface area (Å²) in [6, 6.07) is 7.33. The van der Waals surface area contributed by atoms with Gasteiger partial charge < -0.3 is 20.4 Å². The van der Waals surface area contributed by atoms with E-state index in [4.69, 9.17) is 5.11 Å². The molecule has 0 saturated carbocycles. The third-order valence-electron chi connectivity index (χ3n) is 3.23. The number of carbonyl (C=O) groups is 1. The molecule has 0 bridgehead atoms. The van der Waals surface area contributed by atoms with Gasteiger partial charge in [0.2, 0.25) is 0 Å². The van der Waals surface area contributed by atoms with Crippen molar-refractivity contribution >= 4 is 23.5 Å². The van der Waals surface area contributed by atoms with Crippen molar-refractivity contribution in [3.05, 3.63) is 24.3 Å². The van der Waals surface area contributed by atoms with Gasteiger partial charge >= 0.3 is 6.03 Å². The second kappa shape index (κ2) is 5.81. The number of likely N-dealkylation sites (tertiary alicyclic amines) is 1. The van der Waals surface area contributed by atoms with Gasteiger partial charge in [-0.25, -0.2) is 4.79 Å². The number of hydrogen-bond donors (Lipinski definition) is 3. The maximum atomic E-state index is 12.0. The summed E-state index contributed by atoms with van der Waals surface area (Å²) in [5.41, 5.74) is -0.422. The van der Waals surface area contributed by atoms with Crippen molar-refractivity contribution < 1.29 is 15.0 Å². The molecule has 1 unspecified atom stereocenters. The van der Waals surface area contributed by atoms with Crippen LogP contribution < -0.4 is 5.32 Å². The van der Waals surface area contributed by atoms with Crippen LogP contribution >= 0.6 is 11.8 Å². The van der Waals surface area contributed by atoms with Crippen molar-refractivity contribution in [2.45, 2.75) is 16.9 Å². The minimum Gasteiger partial charge on any atom is -0.393 e. The van der Waals surface area contributed by atoms with E-state index < -0.39 is 5.60 Å². The fourth-order valence-corrected chi connectivity index (χ4v) is 2.52. The van der Waals surface area contributed by atoms with Gasteiger partial charge in [-0.05, 0) is 30.9 Å². The molecule has 6 heteroatoms. The van der Waals surface area contributed by atoms with Gasteiger partial charge in [-0.3, -0.25) is 0 Å². The summed E-state index contributed by atoms with van der Waals surface area (Å²) < 4.78 is 0. The van der Waals surface area contributed by atoms with E-state index in [9.17, 15) is 9.90 Å². The van der Waals surface area contributed by atoms with Crippen molar-refractivity contribution in [1.82, 2.24) is 4.90 Å². The molecule has 1 saturated heterocycles. The molecule has 0 aliphatic carbocycles. The number of aliphatic hydroxyl groups is 2. The molecular weight excluding hydrogens is 264 g/mol. The lowest BCUT2D eigenvalue weighted by atomic mass is 10.1. The summed E-state index contributed by atoms with van der Waals surface area (Å²) in [6.07, 6.45) is 2.38. The fraction of sp³-hybridized carbons (Fsp3) is 0.462. The van der Waals surface area contributed by atoms with Gasteiger partial charge in [-0.2, -0.15) is 0 Å². The molecule has 19 heavy (non-hydrogen) atoms. The van der Waals surface area contributed by atoms with Crippen LogP contribution in [0.2, 0.25) is 0 Å². The molecule has 1 atom stereocenters. The Labute approximate surface area is 116 Å². The number of thioether (sulfide) groups is 1. The van der Waals surface area contributed by atoms with Gasteiger partial charge in [0.15, 0.2) is 0 Å². The van der Waals surface area contributed by atoms with Crippen molar-refractivity contribution in [3.63, 3.8) is 0 Å². The Morgan fingerprint density at radius 3 is 3.00 bits per heavy atom. The largest absolute Gasteiger partial charge is 0.393 e. The molecule has 2 amide bonds. The first kappa shape index (κ1) is 14.2. The normalized spacial score (nSPS) is 22.6. The van der Waals surface area contributed by atoms with E-state index in [2.05, 4.69) is 5.32 Å². The number of β-amino-alcohol motifs (C(OH)–C–C–N with tert-alkyl or cyclic N) is 1. The molecule has 2 rings (SSSR count). The molecule has 1 aliphatic rings. The maximum Gasteiger partial charge on any atom is 0.321 e. The van der Waals surface area contributed by atoms with Gasteiger partial charge in [-0.15, -0.1) is 11.8 Å². The summed E-state index contributed by atoms with van der Waals surface area (Å²) in [7, 11) is 0. The van der Waals surface area contributed by atoms with E-state index in [1.165, 1.54) is 4.90 Å². The van der Waals surface area contributed by atoms with Crippen LogP contribution in [0.4, 0.5) is 10.5 Å². The lowest BCUT2D eigenvalue weighted by Crippen LogP contribution is -2.40. The van der Waals surface area contributed by atoms with E-state index in [1.54, 1.807) is 11.8 Å². The number of aliphatic hydroxyl groups excluding tert-OH is 1. The molecule has 1 aliphatic heterocycles. The molecule has 3 N–H and O–H groups in total. The van der Waals surface area contributed by atoms with E-state index in [1.807, 2.05) is 30.5 Å². The highest BCUT2D eigenvalue weighted by Gasteiger charge is 2.37. The standard InChI is InChI=1S/C13H18N2O3S/c1-19-11-4-2-3-10(7-11)14-12(17)15-6-5-13(18,8-15)9-16/h2-4,7,16,18H,5-6,8-9H2,1H3,(H,14,17). The van der Waals surface area contributed by atoms with E-state index in [-0.39, 0.29) is 19.2 Å². The molecule has 104 valence electrons. The average Bonchev–Trinajstić information content (AvgIpc) is 2.82. The summed E-state index contributed by atoms with van der Waals surface area (Å²) in [5.74, 6) is 0. The van der Waals surface area contributed by atoms with Crippen LogP contribution in [-0.2, 0) is 0 Å². The molecule has 1 aromatic rings. The molecule has 0 aromatic heterocycles. The highest BCUT2D eigenvalue weighted by molar-refractivity contribution is 7.98. The van der Waals surface area contributed by atoms with Gasteiger partial charge in [0.1, 0.15) is 5.60 Å². The van der Waals surface area contributed by atoms with E-state index in [0.717, 1.165) is 10.6 Å². The molecular formula is C13H18N2O3S. The Balaban J connectivity index is 1.98. The molecule has 1 heterocycles. The number of benzene rings is 1. The van der Waals surface area contributed by atoms with Crippen LogP contribution in [0, 0.1) is 0 Å². The number of nitrogens with one attached hydrogen (secondary N) is 1. The fourth-order valence-electron chi connectivity index (χ4n) is 2.06. The topological polar surface area (TPSA) is 72.8 Å². The quantitative estimate of drug-likeness (QED) is 0.732. The molecule has 0 radical (unpaired) electrons. The third-order valence-corrected chi connectivity index (χ3v) is 3.96. The second-order valence-corrected chi connectivity index (χ2v) is 5.60. The van der Waals surface area contributed by atoms with Crippen LogP contribution in [0.1, 0.15) is 6.42 Å². The Hall–Kier alpha value is -1.24. The first-order valence-electron chi connectivity index (χ1n) is 6.09. The van der Waals surface area contributed by atoms with Crippen LogP contribution in [0.3, 0.4) is 0 Å². The number of rotatable bonds is 3. The molecule has 5 nitrogen and oxygen atoms in total. The zero-order chi connectivity index (χ0) is 13.9. The summed E-state index contributed by atoms with van der Waals surface area (Å²) in [4.78, 5) is 14.6. The number of amides is 2. The first-order valence-corrected chi connectivity index (χ1v) is 7.32. The van der Waals surface area contributed by atoms with Gasteiger partial charge in [0.05, 0.1) is 13.2 Å². The SMILES string of the molecule is CSc1cccc(NC(=O)N2CCC(O)(CO)C2)c1. The monoisotopic (exact) mass is 282 g/mol. The zero-order valence-corrected chi connectivity index (χ0v) is 11.6. The van der Waals surface area contributed by atoms with Crippen molar-refractivity contribution in [2.24, 2.45) is 0 Å². The lowest BCUT2D eigenvalue weighted by Gasteiger charge is -2.21. The number of hydrogen-bond acceptors (Lipinski definition) is 4. The van der Waals surface area contributed by atoms with Crippen LogP contribution in [0.5, 0.6) is 0 Å². The molecule has 1 aromatic carbocycles. The predicted molar refractivity (Wildman–Crippen MR) is 75.5 cm³/mol. The van der Waals surface area contributed by atoms with Crippen LogP contribution in [0.15, 0.2) is 29.2 Å². The van der Waals surface area contributed by atoms with Crippen LogP contribution in [0.25, 0.3) is 0 Å². The first-order chi connectivity index (χ1) is 9.06. The Kier molecular flexibility index (Phi) is 4.34.